The van der Waals surface area contributed by atoms with Crippen molar-refractivity contribution in [2.24, 2.45) is 0 Å². The van der Waals surface area contributed by atoms with E-state index in [0.717, 1.165) is 66.7 Å². The maximum Gasteiger partial charge on any atom is 0.185 e. The van der Waals surface area contributed by atoms with Crippen molar-refractivity contribution in [2.75, 3.05) is 18.0 Å². The zero-order chi connectivity index (χ0) is 44.8. The van der Waals surface area contributed by atoms with Gasteiger partial charge in [-0.2, -0.15) is 20.7 Å². The number of anilines is 1. The van der Waals surface area contributed by atoms with Crippen LogP contribution in [0.3, 0.4) is 0 Å². The topological polar surface area (TPSA) is 124 Å². The zero-order valence-electron chi connectivity index (χ0n) is 35.8. The Hall–Kier alpha value is -6.13. The molecule has 0 bridgehead atoms. The summed E-state index contributed by atoms with van der Waals surface area (Å²) < 4.78 is 4.33. The van der Waals surface area contributed by atoms with Gasteiger partial charge in [-0.3, -0.25) is 0 Å². The summed E-state index contributed by atoms with van der Waals surface area (Å²) in [6, 6.07) is 37.1. The van der Waals surface area contributed by atoms with E-state index in [-0.39, 0.29) is 11.8 Å². The molecule has 2 atom stereocenters. The van der Waals surface area contributed by atoms with E-state index in [1.54, 1.807) is 29.9 Å². The van der Waals surface area contributed by atoms with E-state index in [1.165, 1.54) is 54.5 Å². The van der Waals surface area contributed by atoms with E-state index in [4.69, 9.17) is 21.8 Å². The first-order valence-corrected chi connectivity index (χ1v) is 23.4. The number of thiazole rings is 2. The van der Waals surface area contributed by atoms with Gasteiger partial charge in [0.2, 0.25) is 0 Å². The number of hydrogen-bond acceptors (Lipinski definition) is 11. The first kappa shape index (κ1) is 45.9. The van der Waals surface area contributed by atoms with Gasteiger partial charge in [-0.15, -0.1) is 22.7 Å². The molecule has 0 saturated heterocycles. The Morgan fingerprint density at radius 3 is 1.83 bits per heavy atom. The molecular formula is C49H46BClN10S3. The molecule has 4 aromatic carbocycles. The number of rotatable bonds is 7. The van der Waals surface area contributed by atoms with Gasteiger partial charge in [0.15, 0.2) is 9.60 Å². The number of nitrogens with one attached hydrogen (secondary N) is 1. The summed E-state index contributed by atoms with van der Waals surface area (Å²) in [4.78, 5) is 13.6. The van der Waals surface area contributed by atoms with Gasteiger partial charge >= 0.3 is 25.0 Å². The number of nitriles is 2. The van der Waals surface area contributed by atoms with Crippen LogP contribution in [0.25, 0.3) is 11.4 Å². The molecule has 0 saturated carbocycles. The fourth-order valence-corrected chi connectivity index (χ4v) is 9.53. The molecule has 320 valence electrons. The molecule has 10 rings (SSSR count). The Morgan fingerprint density at radius 1 is 0.719 bits per heavy atom. The van der Waals surface area contributed by atoms with Crippen LogP contribution >= 0.6 is 46.3 Å². The fraction of sp³-hybridized carbons (Fsp3) is 0.224. The van der Waals surface area contributed by atoms with E-state index >= 15 is 0 Å². The molecular weight excluding hydrogens is 871 g/mol. The van der Waals surface area contributed by atoms with Crippen LogP contribution < -0.4 is 10.2 Å². The molecule has 64 heavy (non-hydrogen) atoms. The van der Waals surface area contributed by atoms with Crippen molar-refractivity contribution in [1.82, 2.24) is 34.8 Å². The van der Waals surface area contributed by atoms with Crippen molar-refractivity contribution in [3.63, 3.8) is 0 Å². The van der Waals surface area contributed by atoms with E-state index < -0.39 is 0 Å². The molecule has 4 aromatic heterocycles. The van der Waals surface area contributed by atoms with Crippen molar-refractivity contribution in [2.45, 2.75) is 58.4 Å². The fourth-order valence-electron chi connectivity index (χ4n) is 7.47. The number of halogens is 1. The normalized spacial score (nSPS) is 13.3. The number of benzene rings is 4. The van der Waals surface area contributed by atoms with Crippen molar-refractivity contribution >= 4 is 57.6 Å². The third kappa shape index (κ3) is 11.7. The van der Waals surface area contributed by atoms with Crippen molar-refractivity contribution in [3.8, 4) is 23.5 Å². The molecule has 1 N–H and O–H groups in total. The summed E-state index contributed by atoms with van der Waals surface area (Å²) in [5.41, 5.74) is 11.3. The minimum atomic E-state index is 0.258. The summed E-state index contributed by atoms with van der Waals surface area (Å²) in [7, 11) is 0. The van der Waals surface area contributed by atoms with E-state index in [2.05, 4.69) is 112 Å². The quantitative estimate of drug-likeness (QED) is 0.156. The minimum absolute atomic E-state index is 0.258. The smallest absolute Gasteiger partial charge is 0.185 e. The second-order valence-corrected chi connectivity index (χ2v) is 18.3. The van der Waals surface area contributed by atoms with E-state index in [9.17, 15) is 5.26 Å². The minimum Gasteiger partial charge on any atom is -0.343 e. The van der Waals surface area contributed by atoms with Crippen LogP contribution in [0.2, 0.25) is 11.3 Å². The molecule has 2 aliphatic heterocycles. The van der Waals surface area contributed by atoms with Crippen LogP contribution in [0.1, 0.15) is 79.9 Å². The average molecular weight is 917 g/mol. The third-order valence-corrected chi connectivity index (χ3v) is 13.5. The van der Waals surface area contributed by atoms with Crippen LogP contribution in [-0.2, 0) is 25.9 Å². The second kappa shape index (κ2) is 22.5. The predicted octanol–water partition coefficient (Wildman–Crippen LogP) is 11.1. The first-order valence-electron chi connectivity index (χ1n) is 20.9. The molecule has 0 fully saturated rings. The number of aromatic nitrogens is 6. The molecule has 15 heteroatoms. The van der Waals surface area contributed by atoms with Crippen molar-refractivity contribution in [1.29, 1.82) is 10.5 Å². The van der Waals surface area contributed by atoms with Crippen LogP contribution in [0.4, 0.5) is 5.13 Å². The van der Waals surface area contributed by atoms with Crippen LogP contribution in [-0.4, -0.2) is 48.8 Å². The largest absolute Gasteiger partial charge is 0.343 e. The van der Waals surface area contributed by atoms with E-state index in [0.29, 0.717) is 4.47 Å². The zero-order valence-corrected chi connectivity index (χ0v) is 39.0. The Balaban J connectivity index is 0.000000153. The van der Waals surface area contributed by atoms with Gasteiger partial charge < -0.3 is 10.2 Å². The second-order valence-electron chi connectivity index (χ2n) is 15.1. The van der Waals surface area contributed by atoms with Crippen molar-refractivity contribution in [3.05, 3.63) is 193 Å². The first-order chi connectivity index (χ1) is 31.3. The molecule has 10 nitrogen and oxygen atoms in total. The summed E-state index contributed by atoms with van der Waals surface area (Å²) in [6.07, 6.45) is 15.0. The van der Waals surface area contributed by atoms with Crippen LogP contribution in [0, 0.1) is 22.7 Å². The molecule has 0 aliphatic carbocycles. The summed E-state index contributed by atoms with van der Waals surface area (Å²) in [5, 5.41) is 30.8. The van der Waals surface area contributed by atoms with Gasteiger partial charge in [0.25, 0.3) is 0 Å². The Bertz CT molecular complexity index is 2860. The van der Waals surface area contributed by atoms with Crippen LogP contribution in [0.5, 0.6) is 0 Å². The Morgan fingerprint density at radius 2 is 1.28 bits per heavy atom. The van der Waals surface area contributed by atoms with Gasteiger partial charge in [-0.25, -0.2) is 19.3 Å². The maximum absolute atomic E-state index is 9.20. The predicted molar refractivity (Wildman–Crippen MR) is 263 cm³/mol. The monoisotopic (exact) mass is 916 g/mol. The Labute approximate surface area is 393 Å². The average Bonchev–Trinajstić information content (AvgIpc) is 4.21. The van der Waals surface area contributed by atoms with Gasteiger partial charge in [-0.1, -0.05) is 61.8 Å². The summed E-state index contributed by atoms with van der Waals surface area (Å²) in [6.45, 7) is 9.92. The maximum atomic E-state index is 9.20. The third-order valence-electron chi connectivity index (χ3n) is 11.0. The molecule has 0 spiro atoms. The molecule has 8 aromatic rings. The number of fused-ring (bicyclic) bond motifs is 2. The molecule has 2 unspecified atom stereocenters. The van der Waals surface area contributed by atoms with Crippen LogP contribution in [0.15, 0.2) is 134 Å². The Kier molecular flexibility index (Phi) is 16.1. The molecule has 6 heterocycles. The van der Waals surface area contributed by atoms with Gasteiger partial charge in [0, 0.05) is 78.4 Å². The number of hydrogen-bond donors (Lipinski definition) is 1. The van der Waals surface area contributed by atoms with Gasteiger partial charge in [0.05, 0.1) is 34.6 Å². The van der Waals surface area contributed by atoms with E-state index in [1.807, 2.05) is 89.5 Å². The molecule has 2 aliphatic rings. The summed E-state index contributed by atoms with van der Waals surface area (Å²) >= 11 is 13.4. The molecule has 0 amide bonds. The van der Waals surface area contributed by atoms with Crippen molar-refractivity contribution < 1.29 is 0 Å². The standard InChI is InChI=1S/C24H21N5S.C14H12ClN3S.C10H10N2.CH3BS/c1-17(20-4-2-5-22(13-20)29-10-3-9-27-29)23-15-26-24(30-23)28-11-8-19-7-6-18(14-25)12-21(19)16-28;1-10(13-9-16-14(15)19-13)11-4-2-5-12(8-11)18-7-3-6-17-18;11-6-8-1-2-9-3-4-12-7-10(9)5-8;1-2-3/h2-7,9-10,12-13,15,17H,8,11,16H2,1H3;2-10H,1H3;1-2,5,12H,3-4,7H2;1H3. The number of nitrogens with zero attached hydrogens (tertiary/aromatic N) is 9. The van der Waals surface area contributed by atoms with Gasteiger partial charge in [-0.05, 0) is 113 Å². The SMILES string of the molecule is CB=S.CC(c1cccc(-n2cccn2)c1)c1cnc(Cl)s1.CC(c1cccc(-n2cccn2)c1)c1cnc(N2CCc3ccc(C#N)cc3C2)s1.N#Cc1ccc2c(c1)CNCC2. The molecule has 0 radical (unpaired) electrons. The summed E-state index contributed by atoms with van der Waals surface area (Å²) in [5.74, 6) is 0.537. The van der Waals surface area contributed by atoms with Gasteiger partial charge in [0.1, 0.15) is 0 Å².